The molecule has 1 aromatic carbocycles. The molecule has 3 amide bonds. The maximum Gasteiger partial charge on any atom is 0.328 e. The van der Waals surface area contributed by atoms with Gasteiger partial charge in [-0.1, -0.05) is 0 Å². The number of benzene rings is 1. The van der Waals surface area contributed by atoms with Gasteiger partial charge in [-0.25, -0.2) is 13.6 Å². The van der Waals surface area contributed by atoms with Crippen LogP contribution in [0.25, 0.3) is 0 Å². The fourth-order valence-electron chi connectivity index (χ4n) is 3.72. The minimum Gasteiger partial charge on any atom is -0.307 e. The fourth-order valence-corrected chi connectivity index (χ4v) is 3.72. The highest BCUT2D eigenvalue weighted by Gasteiger charge is 2.36. The van der Waals surface area contributed by atoms with Crippen LogP contribution in [0.5, 0.6) is 0 Å². The van der Waals surface area contributed by atoms with E-state index in [4.69, 9.17) is 5.26 Å². The summed E-state index contributed by atoms with van der Waals surface area (Å²) >= 11 is 0. The zero-order valence-corrected chi connectivity index (χ0v) is 15.7. The first-order valence-corrected chi connectivity index (χ1v) is 9.11. The number of imide groups is 1. The van der Waals surface area contributed by atoms with E-state index in [1.165, 1.54) is 16.8 Å². The molecule has 1 aromatic heterocycles. The first-order valence-electron chi connectivity index (χ1n) is 9.11. The van der Waals surface area contributed by atoms with Gasteiger partial charge in [-0.2, -0.15) is 10.4 Å². The molecule has 1 N–H and O–H groups in total. The van der Waals surface area contributed by atoms with E-state index in [1.54, 1.807) is 18.0 Å². The van der Waals surface area contributed by atoms with Crippen LogP contribution in [0.3, 0.4) is 0 Å². The first kappa shape index (κ1) is 19.0. The maximum absolute atomic E-state index is 14.1. The summed E-state index contributed by atoms with van der Waals surface area (Å²) in [6.45, 7) is 0.781. The summed E-state index contributed by atoms with van der Waals surface area (Å²) in [6, 6.07) is 4.62. The second kappa shape index (κ2) is 7.25. The predicted molar refractivity (Wildman–Crippen MR) is 98.3 cm³/mol. The molecule has 4 rings (SSSR count). The number of hydrogen-bond acceptors (Lipinski definition) is 5. The van der Waals surface area contributed by atoms with Gasteiger partial charge in [0.2, 0.25) is 0 Å². The summed E-state index contributed by atoms with van der Waals surface area (Å²) in [5.74, 6) is -1.19. The van der Waals surface area contributed by atoms with Gasteiger partial charge in [0.25, 0.3) is 5.91 Å². The predicted octanol–water partition coefficient (Wildman–Crippen LogP) is 1.91. The third kappa shape index (κ3) is 3.45. The SMILES string of the molecule is CN1Cc2c3c(nn2CC(F)C1)CCN(C(=O)Nc1ccc(F)c(C#N)c1)C3=O. The van der Waals surface area contributed by atoms with Crippen molar-refractivity contribution in [2.75, 3.05) is 25.5 Å². The molecule has 2 aliphatic rings. The van der Waals surface area contributed by atoms with Crippen LogP contribution in [0, 0.1) is 17.1 Å². The van der Waals surface area contributed by atoms with Crippen molar-refractivity contribution in [3.63, 3.8) is 0 Å². The smallest absolute Gasteiger partial charge is 0.307 e. The molecule has 150 valence electrons. The number of hydrogen-bond donors (Lipinski definition) is 1. The van der Waals surface area contributed by atoms with E-state index in [9.17, 15) is 18.4 Å². The molecule has 0 bridgehead atoms. The Labute approximate surface area is 165 Å². The van der Waals surface area contributed by atoms with Gasteiger partial charge >= 0.3 is 6.03 Å². The van der Waals surface area contributed by atoms with E-state index < -0.39 is 23.9 Å². The highest BCUT2D eigenvalue weighted by Crippen LogP contribution is 2.26. The molecule has 2 aromatic rings. The Hall–Kier alpha value is -3.32. The lowest BCUT2D eigenvalue weighted by atomic mass is 10.0. The van der Waals surface area contributed by atoms with Crippen molar-refractivity contribution in [1.82, 2.24) is 19.6 Å². The summed E-state index contributed by atoms with van der Waals surface area (Å²) in [4.78, 5) is 28.5. The van der Waals surface area contributed by atoms with Crippen LogP contribution in [0.15, 0.2) is 18.2 Å². The van der Waals surface area contributed by atoms with Gasteiger partial charge in [0, 0.05) is 31.7 Å². The highest BCUT2D eigenvalue weighted by atomic mass is 19.1. The summed E-state index contributed by atoms with van der Waals surface area (Å²) in [7, 11) is 1.76. The van der Waals surface area contributed by atoms with Crippen LogP contribution in [-0.4, -0.2) is 57.8 Å². The number of alkyl halides is 1. The molecule has 0 saturated heterocycles. The summed E-state index contributed by atoms with van der Waals surface area (Å²) in [5.41, 5.74) is 1.49. The van der Waals surface area contributed by atoms with E-state index in [0.29, 0.717) is 29.9 Å². The van der Waals surface area contributed by atoms with E-state index >= 15 is 0 Å². The van der Waals surface area contributed by atoms with Gasteiger partial charge in [0.1, 0.15) is 18.1 Å². The van der Waals surface area contributed by atoms with Gasteiger partial charge in [-0.15, -0.1) is 0 Å². The van der Waals surface area contributed by atoms with Crippen molar-refractivity contribution in [2.45, 2.75) is 25.7 Å². The third-order valence-corrected chi connectivity index (χ3v) is 5.05. The van der Waals surface area contributed by atoms with Crippen molar-refractivity contribution < 1.29 is 18.4 Å². The Bertz CT molecular complexity index is 1040. The zero-order chi connectivity index (χ0) is 20.7. The minimum absolute atomic E-state index is 0.0681. The second-order valence-corrected chi connectivity index (χ2v) is 7.19. The number of carbonyl (C=O) groups is 2. The standard InChI is InChI=1S/C19H18F2N6O2/c1-25-8-12(20)9-27-16(10-25)17-15(24-27)4-5-26(18(17)28)19(29)23-13-2-3-14(21)11(6-13)7-22/h2-3,6,12H,4-5,8-10H2,1H3,(H,23,29). The molecule has 2 aliphatic heterocycles. The average Bonchev–Trinajstić information content (AvgIpc) is 2.93. The lowest BCUT2D eigenvalue weighted by Gasteiger charge is -2.25. The van der Waals surface area contributed by atoms with E-state index in [-0.39, 0.29) is 30.9 Å². The van der Waals surface area contributed by atoms with Gasteiger partial charge < -0.3 is 5.32 Å². The van der Waals surface area contributed by atoms with Crippen molar-refractivity contribution in [1.29, 1.82) is 5.26 Å². The summed E-state index contributed by atoms with van der Waals surface area (Å²) in [5, 5.41) is 15.8. The van der Waals surface area contributed by atoms with Crippen LogP contribution in [0.2, 0.25) is 0 Å². The van der Waals surface area contributed by atoms with Crippen molar-refractivity contribution in [3.8, 4) is 6.07 Å². The molecule has 1 unspecified atom stereocenters. The number of amides is 3. The summed E-state index contributed by atoms with van der Waals surface area (Å²) < 4.78 is 29.1. The molecule has 29 heavy (non-hydrogen) atoms. The summed E-state index contributed by atoms with van der Waals surface area (Å²) in [6.07, 6.45) is -0.730. The fraction of sp³-hybridized carbons (Fsp3) is 0.368. The number of fused-ring (bicyclic) bond motifs is 3. The average molecular weight is 400 g/mol. The van der Waals surface area contributed by atoms with Crippen LogP contribution >= 0.6 is 0 Å². The van der Waals surface area contributed by atoms with Gasteiger partial charge in [-0.05, 0) is 25.2 Å². The van der Waals surface area contributed by atoms with Crippen LogP contribution < -0.4 is 5.32 Å². The van der Waals surface area contributed by atoms with E-state index in [0.717, 1.165) is 11.0 Å². The Morgan fingerprint density at radius 2 is 2.17 bits per heavy atom. The quantitative estimate of drug-likeness (QED) is 0.789. The molecule has 8 nitrogen and oxygen atoms in total. The van der Waals surface area contributed by atoms with Crippen LogP contribution in [-0.2, 0) is 19.5 Å². The van der Waals surface area contributed by atoms with Crippen molar-refractivity contribution in [3.05, 3.63) is 46.5 Å². The molecular weight excluding hydrogens is 382 g/mol. The molecule has 0 aliphatic carbocycles. The third-order valence-electron chi connectivity index (χ3n) is 5.05. The molecule has 0 saturated carbocycles. The lowest BCUT2D eigenvalue weighted by Crippen LogP contribution is -2.44. The molecular formula is C19H18F2N6O2. The Morgan fingerprint density at radius 3 is 2.93 bits per heavy atom. The normalized spacial score (nSPS) is 19.2. The van der Waals surface area contributed by atoms with Crippen LogP contribution in [0.1, 0.15) is 27.3 Å². The van der Waals surface area contributed by atoms with Gasteiger partial charge in [0.05, 0.1) is 29.1 Å². The number of nitrogens with one attached hydrogen (secondary N) is 1. The van der Waals surface area contributed by atoms with Crippen molar-refractivity contribution >= 4 is 17.6 Å². The molecule has 0 radical (unpaired) electrons. The number of nitrogens with zero attached hydrogens (tertiary/aromatic N) is 5. The number of carbonyl (C=O) groups excluding carboxylic acids is 2. The number of rotatable bonds is 1. The van der Waals surface area contributed by atoms with E-state index in [1.807, 2.05) is 0 Å². The minimum atomic E-state index is -1.09. The Balaban J connectivity index is 1.59. The highest BCUT2D eigenvalue weighted by molar-refractivity contribution is 6.09. The number of nitriles is 1. The molecule has 10 heteroatoms. The van der Waals surface area contributed by atoms with Crippen molar-refractivity contribution in [2.24, 2.45) is 0 Å². The monoisotopic (exact) mass is 400 g/mol. The molecule has 0 spiro atoms. The second-order valence-electron chi connectivity index (χ2n) is 7.19. The zero-order valence-electron chi connectivity index (χ0n) is 15.7. The maximum atomic E-state index is 14.1. The lowest BCUT2D eigenvalue weighted by molar-refractivity contribution is 0.0796. The van der Waals surface area contributed by atoms with E-state index in [2.05, 4.69) is 10.4 Å². The molecule has 0 fully saturated rings. The Kier molecular flexibility index (Phi) is 4.76. The number of urea groups is 1. The largest absolute Gasteiger partial charge is 0.328 e. The number of aromatic nitrogens is 2. The molecule has 3 heterocycles. The Morgan fingerprint density at radius 1 is 1.38 bits per heavy atom. The topological polar surface area (TPSA) is 94.3 Å². The molecule has 1 atom stereocenters. The van der Waals surface area contributed by atoms with Crippen LogP contribution in [0.4, 0.5) is 19.3 Å². The first-order chi connectivity index (χ1) is 13.9. The number of anilines is 1. The van der Waals surface area contributed by atoms with Gasteiger partial charge in [-0.3, -0.25) is 19.3 Å². The number of halogens is 2. The van der Waals surface area contributed by atoms with Gasteiger partial charge in [0.15, 0.2) is 0 Å².